The van der Waals surface area contributed by atoms with Crippen molar-refractivity contribution in [1.82, 2.24) is 25.4 Å². The molecule has 25 heavy (non-hydrogen) atoms. The summed E-state index contributed by atoms with van der Waals surface area (Å²) < 4.78 is 7.10. The van der Waals surface area contributed by atoms with Gasteiger partial charge in [0, 0.05) is 37.6 Å². The lowest BCUT2D eigenvalue weighted by molar-refractivity contribution is 0.177. The molecule has 9 heteroatoms. The minimum absolute atomic E-state index is 0. The Morgan fingerprint density at radius 3 is 3.12 bits per heavy atom. The highest BCUT2D eigenvalue weighted by Crippen LogP contribution is 2.13. The molecule has 1 unspecified atom stereocenters. The Bertz CT molecular complexity index is 551. The molecular weight excluding hydrogens is 451 g/mol. The number of rotatable bonds is 9. The third-order valence-electron chi connectivity index (χ3n) is 3.60. The molecule has 2 heterocycles. The lowest BCUT2D eigenvalue weighted by Gasteiger charge is -2.25. The van der Waals surface area contributed by atoms with E-state index in [2.05, 4.69) is 39.2 Å². The fraction of sp³-hybridized carbons (Fsp3) is 0.688. The van der Waals surface area contributed by atoms with E-state index in [4.69, 9.17) is 4.74 Å². The summed E-state index contributed by atoms with van der Waals surface area (Å²) in [6, 6.07) is 0.313. The van der Waals surface area contributed by atoms with Crippen molar-refractivity contribution < 1.29 is 4.74 Å². The summed E-state index contributed by atoms with van der Waals surface area (Å²) in [7, 11) is 1.66. The Morgan fingerprint density at radius 2 is 2.40 bits per heavy atom. The first-order valence-electron chi connectivity index (χ1n) is 8.41. The van der Waals surface area contributed by atoms with Crippen LogP contribution in [0.5, 0.6) is 0 Å². The molecule has 2 rings (SSSR count). The van der Waals surface area contributed by atoms with Gasteiger partial charge in [-0.15, -0.1) is 30.6 Å². The molecule has 2 N–H and O–H groups in total. The Labute approximate surface area is 171 Å². The summed E-state index contributed by atoms with van der Waals surface area (Å²) in [5, 5.41) is 11.3. The van der Waals surface area contributed by atoms with Crippen LogP contribution in [0.1, 0.15) is 25.0 Å². The van der Waals surface area contributed by atoms with Crippen LogP contribution in [0, 0.1) is 0 Å². The Morgan fingerprint density at radius 1 is 1.56 bits per heavy atom. The molecule has 0 aliphatic carbocycles. The number of thioether (sulfide) groups is 1. The van der Waals surface area contributed by atoms with Gasteiger partial charge in [0.15, 0.2) is 11.8 Å². The lowest BCUT2D eigenvalue weighted by atomic mass is 10.1. The largest absolute Gasteiger partial charge is 0.377 e. The number of nitrogens with zero attached hydrogens (tertiary/aromatic N) is 4. The first kappa shape index (κ1) is 22.2. The third kappa shape index (κ3) is 7.53. The number of aryl methyl sites for hydroxylation is 1. The van der Waals surface area contributed by atoms with E-state index < -0.39 is 0 Å². The second-order valence-corrected chi connectivity index (χ2v) is 6.71. The Balaban J connectivity index is 0.00000312. The van der Waals surface area contributed by atoms with Crippen LogP contribution in [-0.2, 0) is 24.3 Å². The lowest BCUT2D eigenvalue weighted by Crippen LogP contribution is -2.47. The molecule has 1 aliphatic rings. The molecule has 7 nitrogen and oxygen atoms in total. The molecule has 0 saturated carbocycles. The van der Waals surface area contributed by atoms with Crippen LogP contribution in [0.3, 0.4) is 0 Å². The highest BCUT2D eigenvalue weighted by molar-refractivity contribution is 14.0. The SMILES string of the molecule is C=CCSCCN=C(NCC)NC1CCc2nc(COC)nn2C1.I. The summed E-state index contributed by atoms with van der Waals surface area (Å²) in [6.07, 6.45) is 3.87. The number of halogens is 1. The van der Waals surface area contributed by atoms with E-state index in [1.807, 2.05) is 22.5 Å². The Kier molecular flexibility index (Phi) is 11.1. The average Bonchev–Trinajstić information content (AvgIpc) is 2.97. The summed E-state index contributed by atoms with van der Waals surface area (Å²) in [5.74, 6) is 4.65. The molecule has 0 spiro atoms. The van der Waals surface area contributed by atoms with Gasteiger partial charge >= 0.3 is 0 Å². The van der Waals surface area contributed by atoms with Gasteiger partial charge in [-0.3, -0.25) is 4.99 Å². The maximum atomic E-state index is 5.11. The van der Waals surface area contributed by atoms with Crippen LogP contribution in [-0.4, -0.2) is 58.5 Å². The molecule has 1 aliphatic heterocycles. The van der Waals surface area contributed by atoms with Crippen molar-refractivity contribution in [2.45, 2.75) is 39.0 Å². The topological polar surface area (TPSA) is 76.4 Å². The monoisotopic (exact) mass is 480 g/mol. The van der Waals surface area contributed by atoms with Crippen molar-refractivity contribution in [3.05, 3.63) is 24.3 Å². The van der Waals surface area contributed by atoms with Gasteiger partial charge in [0.2, 0.25) is 0 Å². The summed E-state index contributed by atoms with van der Waals surface area (Å²) in [6.45, 7) is 8.73. The van der Waals surface area contributed by atoms with Crippen LogP contribution in [0.2, 0.25) is 0 Å². The molecule has 0 bridgehead atoms. The Hall–Kier alpha value is -0.810. The van der Waals surface area contributed by atoms with Crippen molar-refractivity contribution in [3.63, 3.8) is 0 Å². The number of guanidine groups is 1. The highest BCUT2D eigenvalue weighted by Gasteiger charge is 2.22. The number of ether oxygens (including phenoxy) is 1. The molecule has 0 aromatic carbocycles. The second kappa shape index (κ2) is 12.5. The average molecular weight is 480 g/mol. The molecule has 0 saturated heterocycles. The van der Waals surface area contributed by atoms with Crippen molar-refractivity contribution in [3.8, 4) is 0 Å². The predicted octanol–water partition coefficient (Wildman–Crippen LogP) is 1.83. The number of hydrogen-bond donors (Lipinski definition) is 2. The van der Waals surface area contributed by atoms with E-state index in [9.17, 15) is 0 Å². The number of hydrogen-bond acceptors (Lipinski definition) is 5. The normalized spacial score (nSPS) is 16.7. The summed E-state index contributed by atoms with van der Waals surface area (Å²) >= 11 is 1.84. The maximum Gasteiger partial charge on any atom is 0.191 e. The van der Waals surface area contributed by atoms with Gasteiger partial charge in [0.1, 0.15) is 12.4 Å². The molecule has 142 valence electrons. The maximum absolute atomic E-state index is 5.11. The molecule has 0 fully saturated rings. The first-order valence-corrected chi connectivity index (χ1v) is 9.57. The molecule has 0 radical (unpaired) electrons. The first-order chi connectivity index (χ1) is 11.8. The smallest absolute Gasteiger partial charge is 0.191 e. The number of aromatic nitrogens is 3. The zero-order valence-electron chi connectivity index (χ0n) is 15.0. The van der Waals surface area contributed by atoms with E-state index >= 15 is 0 Å². The standard InChI is InChI=1S/C16H28N6OS.HI/c1-4-9-24-10-8-18-16(17-5-2)19-13-6-7-15-20-14(12-23-3)21-22(15)11-13;/h4,13H,1,5-12H2,2-3H3,(H2,17,18,19);1H. The minimum atomic E-state index is 0. The number of nitrogens with one attached hydrogen (secondary N) is 2. The molecular formula is C16H29IN6OS. The molecule has 1 aromatic rings. The van der Waals surface area contributed by atoms with Crippen LogP contribution in [0.25, 0.3) is 0 Å². The number of fused-ring (bicyclic) bond motifs is 1. The molecule has 1 atom stereocenters. The van der Waals surface area contributed by atoms with Crippen molar-refractivity contribution >= 4 is 41.7 Å². The van der Waals surface area contributed by atoms with Crippen LogP contribution >= 0.6 is 35.7 Å². The predicted molar refractivity (Wildman–Crippen MR) is 115 cm³/mol. The zero-order chi connectivity index (χ0) is 17.2. The zero-order valence-corrected chi connectivity index (χ0v) is 18.2. The molecule has 1 aromatic heterocycles. The van der Waals surface area contributed by atoms with E-state index in [1.54, 1.807) is 7.11 Å². The third-order valence-corrected chi connectivity index (χ3v) is 4.54. The van der Waals surface area contributed by atoms with E-state index in [-0.39, 0.29) is 24.0 Å². The fourth-order valence-electron chi connectivity index (χ4n) is 2.57. The van der Waals surface area contributed by atoms with Crippen molar-refractivity contribution in [2.24, 2.45) is 4.99 Å². The van der Waals surface area contributed by atoms with Gasteiger partial charge in [-0.2, -0.15) is 16.9 Å². The van der Waals surface area contributed by atoms with E-state index in [0.29, 0.717) is 12.6 Å². The van der Waals surface area contributed by atoms with E-state index in [1.165, 1.54) is 0 Å². The van der Waals surface area contributed by atoms with Gasteiger partial charge in [0.05, 0.1) is 13.1 Å². The van der Waals surface area contributed by atoms with Crippen LogP contribution < -0.4 is 10.6 Å². The molecule has 0 amide bonds. The van der Waals surface area contributed by atoms with Crippen molar-refractivity contribution in [2.75, 3.05) is 31.7 Å². The van der Waals surface area contributed by atoms with Gasteiger partial charge < -0.3 is 15.4 Å². The quantitative estimate of drug-likeness (QED) is 0.185. The summed E-state index contributed by atoms with van der Waals surface area (Å²) in [5.41, 5.74) is 0. The van der Waals surface area contributed by atoms with Crippen LogP contribution in [0.15, 0.2) is 17.6 Å². The van der Waals surface area contributed by atoms with Gasteiger partial charge in [-0.25, -0.2) is 9.67 Å². The second-order valence-electron chi connectivity index (χ2n) is 5.56. The van der Waals surface area contributed by atoms with Crippen LogP contribution in [0.4, 0.5) is 0 Å². The number of aliphatic imine (C=N–C) groups is 1. The summed E-state index contributed by atoms with van der Waals surface area (Å²) in [4.78, 5) is 9.15. The van der Waals surface area contributed by atoms with Gasteiger partial charge in [-0.05, 0) is 13.3 Å². The fourth-order valence-corrected chi connectivity index (χ4v) is 3.12. The minimum Gasteiger partial charge on any atom is -0.377 e. The van der Waals surface area contributed by atoms with Gasteiger partial charge in [-0.1, -0.05) is 6.08 Å². The van der Waals surface area contributed by atoms with Crippen molar-refractivity contribution in [1.29, 1.82) is 0 Å². The van der Waals surface area contributed by atoms with E-state index in [0.717, 1.165) is 61.6 Å². The van der Waals surface area contributed by atoms with Gasteiger partial charge in [0.25, 0.3) is 0 Å². The highest BCUT2D eigenvalue weighted by atomic mass is 127. The number of methoxy groups -OCH3 is 1.